The molecular weight excluding hydrogens is 276 g/mol. The average Bonchev–Trinajstić information content (AvgIpc) is 2.86. The van der Waals surface area contributed by atoms with Crippen LogP contribution in [-0.2, 0) is 0 Å². The topological polar surface area (TPSA) is 114 Å². The van der Waals surface area contributed by atoms with Crippen LogP contribution < -0.4 is 20.5 Å². The number of ether oxygens (including phenoxy) is 2. The van der Waals surface area contributed by atoms with Crippen molar-refractivity contribution in [2.45, 2.75) is 0 Å². The monoisotopic (exact) mass is 288 g/mol. The summed E-state index contributed by atoms with van der Waals surface area (Å²) in [6.07, 6.45) is 0. The molecule has 1 aliphatic heterocycles. The zero-order valence-corrected chi connectivity index (χ0v) is 10.8. The van der Waals surface area contributed by atoms with Crippen molar-refractivity contribution in [3.05, 3.63) is 35.9 Å². The van der Waals surface area contributed by atoms with Crippen molar-refractivity contribution >= 4 is 17.3 Å². The van der Waals surface area contributed by atoms with E-state index in [2.05, 4.69) is 5.32 Å². The Hall–Kier alpha value is -3.09. The van der Waals surface area contributed by atoms with E-state index in [1.807, 2.05) is 0 Å². The largest absolute Gasteiger partial charge is 0.507 e. The highest BCUT2D eigenvalue weighted by molar-refractivity contribution is 6.09. The second-order valence-electron chi connectivity index (χ2n) is 4.42. The van der Waals surface area contributed by atoms with Crippen LogP contribution in [0.2, 0.25) is 0 Å². The molecule has 0 radical (unpaired) electrons. The molecule has 1 aliphatic rings. The van der Waals surface area contributed by atoms with Gasteiger partial charge in [0.2, 0.25) is 6.79 Å². The third kappa shape index (κ3) is 2.25. The fourth-order valence-corrected chi connectivity index (χ4v) is 2.01. The summed E-state index contributed by atoms with van der Waals surface area (Å²) in [6.45, 7) is 0.0897. The molecule has 2 aromatic rings. The Labute approximate surface area is 119 Å². The number of phenols is 2. The van der Waals surface area contributed by atoms with Gasteiger partial charge in [-0.05, 0) is 12.1 Å². The normalized spacial score (nSPS) is 12.2. The quantitative estimate of drug-likeness (QED) is 0.625. The molecule has 0 aliphatic carbocycles. The van der Waals surface area contributed by atoms with Crippen molar-refractivity contribution < 1.29 is 24.5 Å². The number of carbonyl (C=O) groups excluding carboxylic acids is 1. The van der Waals surface area contributed by atoms with E-state index in [9.17, 15) is 15.0 Å². The van der Waals surface area contributed by atoms with E-state index in [0.29, 0.717) is 17.2 Å². The minimum absolute atomic E-state index is 0.0897. The maximum absolute atomic E-state index is 12.1. The first-order valence-electron chi connectivity index (χ1n) is 6.07. The summed E-state index contributed by atoms with van der Waals surface area (Å²) in [5.74, 6) is -0.383. The minimum Gasteiger partial charge on any atom is -0.507 e. The second-order valence-corrected chi connectivity index (χ2v) is 4.42. The summed E-state index contributed by atoms with van der Waals surface area (Å²) in [7, 11) is 0. The smallest absolute Gasteiger partial charge is 0.263 e. The number of aromatic hydroxyl groups is 2. The van der Waals surface area contributed by atoms with E-state index >= 15 is 0 Å². The number of amides is 1. The molecule has 0 unspecified atom stereocenters. The molecule has 0 bridgehead atoms. The van der Waals surface area contributed by atoms with Gasteiger partial charge >= 0.3 is 0 Å². The zero-order valence-electron chi connectivity index (χ0n) is 10.8. The molecule has 0 spiro atoms. The molecule has 7 nitrogen and oxygen atoms in total. The summed E-state index contributed by atoms with van der Waals surface area (Å²) in [4.78, 5) is 12.1. The lowest BCUT2D eigenvalue weighted by molar-refractivity contribution is 0.102. The Balaban J connectivity index is 1.92. The van der Waals surface area contributed by atoms with Gasteiger partial charge in [0.1, 0.15) is 17.1 Å². The van der Waals surface area contributed by atoms with E-state index in [0.717, 1.165) is 0 Å². The molecule has 3 rings (SSSR count). The number of nitrogen functional groups attached to an aromatic ring is 1. The van der Waals surface area contributed by atoms with Crippen LogP contribution in [0.1, 0.15) is 10.4 Å². The van der Waals surface area contributed by atoms with Gasteiger partial charge in [-0.2, -0.15) is 0 Å². The van der Waals surface area contributed by atoms with E-state index in [-0.39, 0.29) is 29.5 Å². The highest BCUT2D eigenvalue weighted by Crippen LogP contribution is 2.38. The predicted octanol–water partition coefficient (Wildman–Crippen LogP) is 1.66. The van der Waals surface area contributed by atoms with Gasteiger partial charge in [-0.25, -0.2) is 0 Å². The van der Waals surface area contributed by atoms with Gasteiger partial charge in [0.05, 0.1) is 11.4 Å². The molecule has 21 heavy (non-hydrogen) atoms. The Morgan fingerprint density at radius 1 is 1.14 bits per heavy atom. The number of nitrogens with two attached hydrogens (primary N) is 1. The van der Waals surface area contributed by atoms with Crippen LogP contribution >= 0.6 is 0 Å². The highest BCUT2D eigenvalue weighted by atomic mass is 16.7. The number of rotatable bonds is 2. The first-order valence-corrected chi connectivity index (χ1v) is 6.07. The summed E-state index contributed by atoms with van der Waals surface area (Å²) >= 11 is 0. The predicted molar refractivity (Wildman–Crippen MR) is 74.7 cm³/mol. The highest BCUT2D eigenvalue weighted by Gasteiger charge is 2.20. The van der Waals surface area contributed by atoms with Crippen LogP contribution in [0.5, 0.6) is 23.0 Å². The van der Waals surface area contributed by atoms with Gasteiger partial charge in [0.25, 0.3) is 5.91 Å². The van der Waals surface area contributed by atoms with Crippen molar-refractivity contribution in [2.24, 2.45) is 0 Å². The minimum atomic E-state index is -0.684. The fourth-order valence-electron chi connectivity index (χ4n) is 2.01. The molecule has 7 heteroatoms. The lowest BCUT2D eigenvalue weighted by atomic mass is 10.1. The lowest BCUT2D eigenvalue weighted by Gasteiger charge is -2.11. The van der Waals surface area contributed by atoms with Gasteiger partial charge < -0.3 is 30.7 Å². The summed E-state index contributed by atoms with van der Waals surface area (Å²) in [6, 6.07) is 7.08. The average molecular weight is 288 g/mol. The zero-order chi connectivity index (χ0) is 15.0. The van der Waals surface area contributed by atoms with E-state index in [1.165, 1.54) is 30.3 Å². The Morgan fingerprint density at radius 2 is 1.76 bits per heavy atom. The summed E-state index contributed by atoms with van der Waals surface area (Å²) in [5.41, 5.74) is 6.17. The maximum atomic E-state index is 12.1. The number of benzene rings is 2. The Kier molecular flexibility index (Phi) is 2.94. The number of anilines is 2. The van der Waals surface area contributed by atoms with Crippen LogP contribution in [-0.4, -0.2) is 22.9 Å². The van der Waals surface area contributed by atoms with Crippen LogP contribution in [0.15, 0.2) is 30.3 Å². The molecule has 0 aromatic heterocycles. The van der Waals surface area contributed by atoms with Crippen molar-refractivity contribution in [2.75, 3.05) is 17.8 Å². The molecule has 0 fully saturated rings. The maximum Gasteiger partial charge on any atom is 0.263 e. The van der Waals surface area contributed by atoms with Crippen molar-refractivity contribution in [3.8, 4) is 23.0 Å². The van der Waals surface area contributed by atoms with E-state index < -0.39 is 5.91 Å². The second kappa shape index (κ2) is 4.78. The number of hydrogen-bond donors (Lipinski definition) is 4. The molecule has 0 saturated heterocycles. The van der Waals surface area contributed by atoms with Crippen LogP contribution in [0, 0.1) is 0 Å². The van der Waals surface area contributed by atoms with E-state index in [1.54, 1.807) is 0 Å². The Bertz CT molecular complexity index is 709. The van der Waals surface area contributed by atoms with Gasteiger partial charge in [-0.1, -0.05) is 6.07 Å². The molecule has 1 amide bonds. The fraction of sp³-hybridized carbons (Fsp3) is 0.0714. The molecule has 0 saturated carbocycles. The third-order valence-corrected chi connectivity index (χ3v) is 3.04. The van der Waals surface area contributed by atoms with Gasteiger partial charge in [-0.3, -0.25) is 4.79 Å². The first-order chi connectivity index (χ1) is 10.1. The Morgan fingerprint density at radius 3 is 2.43 bits per heavy atom. The van der Waals surface area contributed by atoms with Crippen molar-refractivity contribution in [1.82, 2.24) is 0 Å². The lowest BCUT2D eigenvalue weighted by Crippen LogP contribution is -2.13. The van der Waals surface area contributed by atoms with Crippen molar-refractivity contribution in [1.29, 1.82) is 0 Å². The number of carbonyl (C=O) groups is 1. The molecule has 108 valence electrons. The van der Waals surface area contributed by atoms with Crippen molar-refractivity contribution in [3.63, 3.8) is 0 Å². The van der Waals surface area contributed by atoms with Gasteiger partial charge in [0, 0.05) is 12.1 Å². The van der Waals surface area contributed by atoms with E-state index in [4.69, 9.17) is 15.2 Å². The molecule has 2 aromatic carbocycles. The van der Waals surface area contributed by atoms with Gasteiger partial charge in [-0.15, -0.1) is 0 Å². The molecule has 5 N–H and O–H groups in total. The molecule has 1 heterocycles. The number of fused-ring (bicyclic) bond motifs is 1. The third-order valence-electron chi connectivity index (χ3n) is 3.04. The van der Waals surface area contributed by atoms with Crippen LogP contribution in [0.3, 0.4) is 0 Å². The SMILES string of the molecule is Nc1cc2c(cc1NC(=O)c1c(O)cccc1O)OCO2. The first kappa shape index (κ1) is 12.9. The molecule has 0 atom stereocenters. The summed E-state index contributed by atoms with van der Waals surface area (Å²) in [5, 5.41) is 21.9. The standard InChI is InChI=1S/C14H12N2O5/c15-7-4-11-12(21-6-20-11)5-8(7)16-14(19)13-9(17)2-1-3-10(13)18/h1-5,17-18H,6,15H2,(H,16,19). The van der Waals surface area contributed by atoms with Crippen LogP contribution in [0.4, 0.5) is 11.4 Å². The van der Waals surface area contributed by atoms with Gasteiger partial charge in [0.15, 0.2) is 11.5 Å². The number of nitrogens with one attached hydrogen (secondary N) is 1. The number of hydrogen-bond acceptors (Lipinski definition) is 6. The molecular formula is C14H12N2O5. The van der Waals surface area contributed by atoms with Crippen LogP contribution in [0.25, 0.3) is 0 Å². The summed E-state index contributed by atoms with van der Waals surface area (Å²) < 4.78 is 10.4. The number of phenolic OH excluding ortho intramolecular Hbond substituents is 2.